The summed E-state index contributed by atoms with van der Waals surface area (Å²) in [7, 11) is 0. The molecule has 3 rings (SSSR count). The fourth-order valence-corrected chi connectivity index (χ4v) is 2.13. The van der Waals surface area contributed by atoms with Crippen LogP contribution >= 0.6 is 0 Å². The van der Waals surface area contributed by atoms with Crippen molar-refractivity contribution in [1.82, 2.24) is 15.0 Å². The molecule has 0 amide bonds. The Kier molecular flexibility index (Phi) is 2.37. The fraction of sp³-hybridized carbons (Fsp3) is 0.143. The van der Waals surface area contributed by atoms with Crippen LogP contribution in [0, 0.1) is 19.7 Å². The lowest BCUT2D eigenvalue weighted by Gasteiger charge is -2.02. The van der Waals surface area contributed by atoms with Gasteiger partial charge in [-0.25, -0.2) is 9.37 Å². The Balaban J connectivity index is 2.25. The van der Waals surface area contributed by atoms with Gasteiger partial charge >= 0.3 is 0 Å². The summed E-state index contributed by atoms with van der Waals surface area (Å²) in [5.74, 6) is 0.586. The van der Waals surface area contributed by atoms with E-state index in [1.54, 1.807) is 24.4 Å². The monoisotopic (exact) mass is 241 g/mol. The highest BCUT2D eigenvalue weighted by molar-refractivity contribution is 5.83. The lowest BCUT2D eigenvalue weighted by molar-refractivity contribution is 0.639. The third-order valence-corrected chi connectivity index (χ3v) is 2.95. The molecular weight excluding hydrogens is 229 g/mol. The number of fused-ring (bicyclic) bond motifs is 1. The van der Waals surface area contributed by atoms with Crippen LogP contribution < -0.4 is 0 Å². The molecule has 18 heavy (non-hydrogen) atoms. The predicted octanol–water partition coefficient (Wildman–Crippen LogP) is 3.38. The first-order valence-corrected chi connectivity index (χ1v) is 5.73. The van der Waals surface area contributed by atoms with Gasteiger partial charge < -0.3 is 4.98 Å². The van der Waals surface area contributed by atoms with Crippen molar-refractivity contribution in [3.05, 3.63) is 47.8 Å². The Hall–Kier alpha value is -2.23. The van der Waals surface area contributed by atoms with Crippen molar-refractivity contribution >= 4 is 10.9 Å². The van der Waals surface area contributed by atoms with Gasteiger partial charge in [-0.05, 0) is 32.0 Å². The number of hydrogen-bond acceptors (Lipinski definition) is 2. The molecule has 90 valence electrons. The molecule has 0 aliphatic carbocycles. The molecule has 3 aromatic rings. The smallest absolute Gasteiger partial charge is 0.132 e. The van der Waals surface area contributed by atoms with Gasteiger partial charge in [0.2, 0.25) is 0 Å². The van der Waals surface area contributed by atoms with Crippen molar-refractivity contribution in [3.63, 3.8) is 0 Å². The number of imidazole rings is 1. The lowest BCUT2D eigenvalue weighted by Crippen LogP contribution is -1.87. The molecule has 0 saturated heterocycles. The molecule has 4 heteroatoms. The second-order valence-electron chi connectivity index (χ2n) is 4.33. The summed E-state index contributed by atoms with van der Waals surface area (Å²) in [6.45, 7) is 3.84. The summed E-state index contributed by atoms with van der Waals surface area (Å²) in [5, 5.41) is 0.523. The summed E-state index contributed by atoms with van der Waals surface area (Å²) in [6, 6.07) is 6.69. The van der Waals surface area contributed by atoms with E-state index in [2.05, 4.69) is 15.0 Å². The van der Waals surface area contributed by atoms with E-state index in [1.807, 2.05) is 13.8 Å². The number of halogens is 1. The van der Waals surface area contributed by atoms with Crippen LogP contribution in [0.5, 0.6) is 0 Å². The minimum absolute atomic E-state index is 0.258. The van der Waals surface area contributed by atoms with Crippen LogP contribution in [-0.4, -0.2) is 15.0 Å². The van der Waals surface area contributed by atoms with E-state index in [0.29, 0.717) is 10.9 Å². The fourth-order valence-electron chi connectivity index (χ4n) is 2.13. The minimum atomic E-state index is -0.258. The second kappa shape index (κ2) is 3.91. The number of nitrogens with zero attached hydrogens (tertiary/aromatic N) is 2. The van der Waals surface area contributed by atoms with E-state index >= 15 is 0 Å². The largest absolute Gasteiger partial charge is 0.346 e. The van der Waals surface area contributed by atoms with E-state index in [1.165, 1.54) is 6.07 Å². The molecule has 0 radical (unpaired) electrons. The van der Waals surface area contributed by atoms with E-state index < -0.39 is 0 Å². The normalized spacial score (nSPS) is 11.1. The molecule has 0 spiro atoms. The number of nitrogens with one attached hydrogen (secondary N) is 1. The van der Waals surface area contributed by atoms with Gasteiger partial charge in [0.1, 0.15) is 11.6 Å². The van der Waals surface area contributed by atoms with E-state index in [-0.39, 0.29) is 5.82 Å². The number of H-pyrrole nitrogens is 1. The van der Waals surface area contributed by atoms with Gasteiger partial charge in [0, 0.05) is 22.8 Å². The highest BCUT2D eigenvalue weighted by Gasteiger charge is 2.09. The van der Waals surface area contributed by atoms with Gasteiger partial charge in [-0.15, -0.1) is 0 Å². The van der Waals surface area contributed by atoms with Gasteiger partial charge in [-0.3, -0.25) is 4.98 Å². The van der Waals surface area contributed by atoms with Crippen LogP contribution in [0.4, 0.5) is 4.39 Å². The van der Waals surface area contributed by atoms with Crippen LogP contribution in [-0.2, 0) is 0 Å². The highest BCUT2D eigenvalue weighted by Crippen LogP contribution is 2.25. The van der Waals surface area contributed by atoms with E-state index in [4.69, 9.17) is 0 Å². The van der Waals surface area contributed by atoms with Crippen molar-refractivity contribution in [1.29, 1.82) is 0 Å². The molecule has 2 heterocycles. The molecule has 1 N–H and O–H groups in total. The van der Waals surface area contributed by atoms with Crippen LogP contribution in [0.1, 0.15) is 11.5 Å². The molecule has 1 aromatic carbocycles. The maximum absolute atomic E-state index is 13.7. The zero-order valence-electron chi connectivity index (χ0n) is 10.2. The first-order chi connectivity index (χ1) is 8.65. The maximum Gasteiger partial charge on any atom is 0.132 e. The van der Waals surface area contributed by atoms with Crippen molar-refractivity contribution in [3.8, 4) is 11.3 Å². The van der Waals surface area contributed by atoms with Crippen LogP contribution in [0.15, 0.2) is 30.5 Å². The quantitative estimate of drug-likeness (QED) is 0.709. The number of hydrogen-bond donors (Lipinski definition) is 1. The third kappa shape index (κ3) is 1.66. The van der Waals surface area contributed by atoms with Gasteiger partial charge in [-0.2, -0.15) is 0 Å². The van der Waals surface area contributed by atoms with Crippen molar-refractivity contribution in [2.24, 2.45) is 0 Å². The van der Waals surface area contributed by atoms with Crippen molar-refractivity contribution in [2.75, 3.05) is 0 Å². The van der Waals surface area contributed by atoms with Crippen molar-refractivity contribution < 1.29 is 4.39 Å². The zero-order chi connectivity index (χ0) is 12.7. The number of rotatable bonds is 1. The van der Waals surface area contributed by atoms with Crippen LogP contribution in [0.3, 0.4) is 0 Å². The Labute approximate surface area is 104 Å². The summed E-state index contributed by atoms with van der Waals surface area (Å²) >= 11 is 0. The van der Waals surface area contributed by atoms with Gasteiger partial charge in [0.25, 0.3) is 0 Å². The summed E-state index contributed by atoms with van der Waals surface area (Å²) in [5.41, 5.74) is 3.27. The summed E-state index contributed by atoms with van der Waals surface area (Å²) in [4.78, 5) is 11.8. The molecule has 3 nitrogen and oxygen atoms in total. The summed E-state index contributed by atoms with van der Waals surface area (Å²) < 4.78 is 13.7. The average molecular weight is 241 g/mol. The van der Waals surface area contributed by atoms with Crippen LogP contribution in [0.25, 0.3) is 22.2 Å². The molecule has 0 aliphatic rings. The molecule has 0 bridgehead atoms. The molecule has 0 fully saturated rings. The maximum atomic E-state index is 13.7. The van der Waals surface area contributed by atoms with Gasteiger partial charge in [0.15, 0.2) is 0 Å². The number of aromatic nitrogens is 3. The van der Waals surface area contributed by atoms with Crippen molar-refractivity contribution in [2.45, 2.75) is 13.8 Å². The molecule has 0 aliphatic heterocycles. The highest BCUT2D eigenvalue weighted by atomic mass is 19.1. The molecule has 0 unspecified atom stereocenters. The zero-order valence-corrected chi connectivity index (χ0v) is 10.2. The molecule has 0 atom stereocenters. The Morgan fingerprint density at radius 3 is 2.78 bits per heavy atom. The minimum Gasteiger partial charge on any atom is -0.346 e. The average Bonchev–Trinajstić information content (AvgIpc) is 2.69. The third-order valence-electron chi connectivity index (χ3n) is 2.95. The SMILES string of the molecule is Cc1nc(-c2cnc3cccc(F)c3c2)c(C)[nH]1. The number of aromatic amines is 1. The summed E-state index contributed by atoms with van der Waals surface area (Å²) in [6.07, 6.45) is 1.73. The predicted molar refractivity (Wildman–Crippen MR) is 68.8 cm³/mol. The second-order valence-corrected chi connectivity index (χ2v) is 4.33. The number of aryl methyl sites for hydroxylation is 2. The lowest BCUT2D eigenvalue weighted by atomic mass is 10.1. The van der Waals surface area contributed by atoms with E-state index in [0.717, 1.165) is 22.8 Å². The first kappa shape index (κ1) is 10.9. The number of benzene rings is 1. The molecular formula is C14H12FN3. The Bertz CT molecular complexity index is 731. The van der Waals surface area contributed by atoms with E-state index in [9.17, 15) is 4.39 Å². The van der Waals surface area contributed by atoms with Crippen LogP contribution in [0.2, 0.25) is 0 Å². The standard InChI is InChI=1S/C14H12FN3/c1-8-14(18-9(2)17-8)10-6-11-12(15)4-3-5-13(11)16-7-10/h3-7H,1-2H3,(H,17,18). The first-order valence-electron chi connectivity index (χ1n) is 5.73. The Morgan fingerprint density at radius 1 is 1.22 bits per heavy atom. The van der Waals surface area contributed by atoms with Gasteiger partial charge in [0.05, 0.1) is 11.2 Å². The number of pyridine rings is 1. The molecule has 2 aromatic heterocycles. The Morgan fingerprint density at radius 2 is 2.06 bits per heavy atom. The molecule has 0 saturated carbocycles. The van der Waals surface area contributed by atoms with Gasteiger partial charge in [-0.1, -0.05) is 6.07 Å². The topological polar surface area (TPSA) is 41.6 Å².